The molecule has 2 atom stereocenters. The number of ether oxygens (including phenoxy) is 2. The Morgan fingerprint density at radius 3 is 2.43 bits per heavy atom. The average Bonchev–Trinajstić information content (AvgIpc) is 2.76. The van der Waals surface area contributed by atoms with Crippen LogP contribution in [0.15, 0.2) is 59.5 Å². The van der Waals surface area contributed by atoms with Gasteiger partial charge in [-0.3, -0.25) is 0 Å². The van der Waals surface area contributed by atoms with Crippen molar-refractivity contribution >= 4 is 17.7 Å². The Labute approximate surface area is 185 Å². The van der Waals surface area contributed by atoms with Gasteiger partial charge in [0.25, 0.3) is 0 Å². The number of carbonyl (C=O) groups is 1. The second-order valence-corrected chi connectivity index (χ2v) is 8.62. The quantitative estimate of drug-likeness (QED) is 0.236. The van der Waals surface area contributed by atoms with Gasteiger partial charge in [-0.25, -0.2) is 4.79 Å². The molecule has 4 nitrogen and oxygen atoms in total. The van der Waals surface area contributed by atoms with E-state index >= 15 is 0 Å². The Hall–Kier alpha value is -1.82. The van der Waals surface area contributed by atoms with Gasteiger partial charge in [-0.15, -0.1) is 11.8 Å². The van der Waals surface area contributed by atoms with Crippen LogP contribution in [0.1, 0.15) is 55.4 Å². The van der Waals surface area contributed by atoms with Gasteiger partial charge in [-0.1, -0.05) is 81.1 Å². The molecule has 30 heavy (non-hydrogen) atoms. The first-order valence-corrected chi connectivity index (χ1v) is 11.7. The fourth-order valence-electron chi connectivity index (χ4n) is 3.12. The predicted molar refractivity (Wildman–Crippen MR) is 123 cm³/mol. The first-order valence-electron chi connectivity index (χ1n) is 10.8. The molecule has 164 valence electrons. The van der Waals surface area contributed by atoms with Crippen LogP contribution in [0.5, 0.6) is 0 Å². The highest BCUT2D eigenvalue weighted by atomic mass is 32.2. The van der Waals surface area contributed by atoms with Crippen LogP contribution in [-0.4, -0.2) is 37.0 Å². The lowest BCUT2D eigenvalue weighted by Gasteiger charge is -2.23. The summed E-state index contributed by atoms with van der Waals surface area (Å²) in [7, 11) is 0. The highest BCUT2D eigenvalue weighted by Crippen LogP contribution is 2.39. The van der Waals surface area contributed by atoms with Crippen LogP contribution >= 0.6 is 11.8 Å². The van der Waals surface area contributed by atoms with Crippen molar-refractivity contribution < 1.29 is 19.4 Å². The molecule has 0 heterocycles. The zero-order chi connectivity index (χ0) is 21.6. The lowest BCUT2D eigenvalue weighted by molar-refractivity contribution is -0.150. The van der Waals surface area contributed by atoms with Crippen LogP contribution in [0.3, 0.4) is 0 Å². The highest BCUT2D eigenvalue weighted by molar-refractivity contribution is 7.99. The van der Waals surface area contributed by atoms with Gasteiger partial charge in [0, 0.05) is 4.90 Å². The summed E-state index contributed by atoms with van der Waals surface area (Å²) in [5.74, 6) is -0.375. The van der Waals surface area contributed by atoms with Gasteiger partial charge in [0.15, 0.2) is 0 Å². The van der Waals surface area contributed by atoms with Crippen molar-refractivity contribution in [1.82, 2.24) is 0 Å². The van der Waals surface area contributed by atoms with E-state index in [0.29, 0.717) is 6.61 Å². The summed E-state index contributed by atoms with van der Waals surface area (Å²) in [5.41, 5.74) is 2.19. The number of benzene rings is 2. The average molecular weight is 431 g/mol. The third-order valence-electron chi connectivity index (χ3n) is 4.84. The summed E-state index contributed by atoms with van der Waals surface area (Å²) in [6.07, 6.45) is 4.81. The molecule has 2 aromatic rings. The minimum Gasteiger partial charge on any atom is -0.464 e. The summed E-state index contributed by atoms with van der Waals surface area (Å²) < 4.78 is 10.7. The summed E-state index contributed by atoms with van der Waals surface area (Å²) in [5, 5.41) is 10.6. The van der Waals surface area contributed by atoms with E-state index in [1.54, 1.807) is 11.8 Å². The monoisotopic (exact) mass is 430 g/mol. The van der Waals surface area contributed by atoms with Crippen LogP contribution in [0, 0.1) is 6.92 Å². The number of rotatable bonds is 14. The molecule has 5 heteroatoms. The molecule has 0 saturated heterocycles. The molecule has 1 N–H and O–H groups in total. The molecule has 0 radical (unpaired) electrons. The third kappa shape index (κ3) is 8.90. The maximum atomic E-state index is 11.9. The van der Waals surface area contributed by atoms with E-state index in [2.05, 4.69) is 26.0 Å². The third-order valence-corrected chi connectivity index (χ3v) is 6.40. The maximum Gasteiger partial charge on any atom is 0.332 e. The second-order valence-electron chi connectivity index (χ2n) is 7.43. The summed E-state index contributed by atoms with van der Waals surface area (Å²) in [6, 6.07) is 18.0. The zero-order valence-corrected chi connectivity index (χ0v) is 18.9. The molecule has 0 aliphatic heterocycles. The van der Waals surface area contributed by atoms with E-state index in [-0.39, 0.29) is 24.4 Å². The maximum absolute atomic E-state index is 11.9. The number of aliphatic hydroxyl groups is 1. The Bertz CT molecular complexity index is 735. The summed E-state index contributed by atoms with van der Waals surface area (Å²) in [4.78, 5) is 13.0. The van der Waals surface area contributed by atoms with Gasteiger partial charge >= 0.3 is 5.97 Å². The van der Waals surface area contributed by atoms with Gasteiger partial charge < -0.3 is 14.6 Å². The molecular formula is C25H34O4S. The summed E-state index contributed by atoms with van der Waals surface area (Å²) in [6.45, 7) is 4.61. The lowest BCUT2D eigenvalue weighted by Crippen LogP contribution is -2.25. The van der Waals surface area contributed by atoms with E-state index < -0.39 is 6.10 Å². The van der Waals surface area contributed by atoms with Crippen molar-refractivity contribution in [3.8, 4) is 0 Å². The van der Waals surface area contributed by atoms with Crippen molar-refractivity contribution in [2.75, 3.05) is 19.8 Å². The molecule has 0 spiro atoms. The molecule has 2 rings (SSSR count). The number of esters is 1. The smallest absolute Gasteiger partial charge is 0.332 e. The lowest BCUT2D eigenvalue weighted by atomic mass is 10.1. The first kappa shape index (κ1) is 24.4. The van der Waals surface area contributed by atoms with Crippen LogP contribution in [-0.2, 0) is 14.3 Å². The van der Waals surface area contributed by atoms with E-state index in [9.17, 15) is 9.90 Å². The number of hydrogen-bond acceptors (Lipinski definition) is 5. The van der Waals surface area contributed by atoms with E-state index in [4.69, 9.17) is 9.47 Å². The molecular weight excluding hydrogens is 396 g/mol. The van der Waals surface area contributed by atoms with Gasteiger partial charge in [-0.2, -0.15) is 0 Å². The van der Waals surface area contributed by atoms with Crippen molar-refractivity contribution in [3.63, 3.8) is 0 Å². The zero-order valence-electron chi connectivity index (χ0n) is 18.1. The van der Waals surface area contributed by atoms with Gasteiger partial charge in [0.2, 0.25) is 0 Å². The van der Waals surface area contributed by atoms with Crippen LogP contribution < -0.4 is 0 Å². The molecule has 0 fully saturated rings. The van der Waals surface area contributed by atoms with Gasteiger partial charge in [0.05, 0.1) is 24.6 Å². The number of aryl methyl sites for hydroxylation is 1. The number of hydrogen-bond donors (Lipinski definition) is 1. The molecule has 0 aliphatic rings. The standard InChI is InChI=1S/C25H34O4S/c1-3-4-5-6-12-17-29-24(27)19-28-18-22(26)25(21-14-8-7-9-15-21)30-23-16-11-10-13-20(23)2/h7-11,13-16,22,25-26H,3-6,12,17-19H2,1-2H3. The first-order chi connectivity index (χ1) is 14.6. The molecule has 0 bridgehead atoms. The minimum absolute atomic E-state index is 0.0735. The predicted octanol–water partition coefficient (Wildman–Crippen LogP) is 5.72. The number of unbranched alkanes of at least 4 members (excludes halogenated alkanes) is 4. The molecule has 2 unspecified atom stereocenters. The second kappa shape index (κ2) is 14.2. The van der Waals surface area contributed by atoms with Gasteiger partial charge in [0.1, 0.15) is 6.61 Å². The summed E-state index contributed by atoms with van der Waals surface area (Å²) >= 11 is 1.61. The van der Waals surface area contributed by atoms with Crippen molar-refractivity contribution in [3.05, 3.63) is 65.7 Å². The molecule has 2 aromatic carbocycles. The van der Waals surface area contributed by atoms with Crippen LogP contribution in [0.25, 0.3) is 0 Å². The fourth-order valence-corrected chi connectivity index (χ4v) is 4.33. The molecule has 0 aliphatic carbocycles. The Kier molecular flexibility index (Phi) is 11.6. The molecule has 0 saturated carbocycles. The Morgan fingerprint density at radius 1 is 1.00 bits per heavy atom. The highest BCUT2D eigenvalue weighted by Gasteiger charge is 2.23. The van der Waals surface area contributed by atoms with E-state index in [1.807, 2.05) is 42.5 Å². The largest absolute Gasteiger partial charge is 0.464 e. The van der Waals surface area contributed by atoms with E-state index in [1.165, 1.54) is 24.8 Å². The van der Waals surface area contributed by atoms with Crippen molar-refractivity contribution in [1.29, 1.82) is 0 Å². The van der Waals surface area contributed by atoms with Crippen molar-refractivity contribution in [2.24, 2.45) is 0 Å². The fraction of sp³-hybridized carbons (Fsp3) is 0.480. The number of thioether (sulfide) groups is 1. The molecule has 0 amide bonds. The number of aliphatic hydroxyl groups excluding tert-OH is 1. The van der Waals surface area contributed by atoms with Gasteiger partial charge in [-0.05, 0) is 30.5 Å². The normalized spacial score (nSPS) is 13.0. The van der Waals surface area contributed by atoms with Crippen LogP contribution in [0.4, 0.5) is 0 Å². The Morgan fingerprint density at radius 2 is 1.70 bits per heavy atom. The van der Waals surface area contributed by atoms with Crippen LogP contribution in [0.2, 0.25) is 0 Å². The van der Waals surface area contributed by atoms with Crippen molar-refractivity contribution in [2.45, 2.75) is 62.2 Å². The SMILES string of the molecule is CCCCCCCOC(=O)COCC(O)C(Sc1ccccc1C)c1ccccc1. The molecule has 0 aromatic heterocycles. The Balaban J connectivity index is 1.82. The van der Waals surface area contributed by atoms with E-state index in [0.717, 1.165) is 23.3 Å². The minimum atomic E-state index is -0.751. The number of carbonyl (C=O) groups excluding carboxylic acids is 1. The topological polar surface area (TPSA) is 55.8 Å².